The van der Waals surface area contributed by atoms with Crippen LogP contribution >= 0.6 is 11.6 Å². The minimum absolute atomic E-state index is 0.00687. The van der Waals surface area contributed by atoms with E-state index in [9.17, 15) is 24.3 Å². The molecular formula is C24H21ClN2O7. The van der Waals surface area contributed by atoms with Crippen LogP contribution in [0.5, 0.6) is 11.5 Å². The molecule has 0 spiro atoms. The van der Waals surface area contributed by atoms with Gasteiger partial charge in [-0.3, -0.25) is 25.0 Å². The van der Waals surface area contributed by atoms with E-state index in [0.717, 1.165) is 0 Å². The lowest BCUT2D eigenvalue weighted by atomic mass is 9.78. The largest absolute Gasteiger partial charge is 0.493 e. The number of para-hydroxylation sites is 1. The zero-order valence-electron chi connectivity index (χ0n) is 18.3. The van der Waals surface area contributed by atoms with Crippen molar-refractivity contribution in [1.82, 2.24) is 10.6 Å². The van der Waals surface area contributed by atoms with Crippen LogP contribution < -0.4 is 20.1 Å². The summed E-state index contributed by atoms with van der Waals surface area (Å²) in [6.07, 6.45) is -1.61. The summed E-state index contributed by atoms with van der Waals surface area (Å²) in [6, 6.07) is 10.4. The Morgan fingerprint density at radius 2 is 1.76 bits per heavy atom. The van der Waals surface area contributed by atoms with E-state index in [1.165, 1.54) is 7.11 Å². The molecule has 2 aromatic carbocycles. The zero-order valence-corrected chi connectivity index (χ0v) is 19.0. The van der Waals surface area contributed by atoms with Crippen LogP contribution in [-0.4, -0.2) is 35.8 Å². The van der Waals surface area contributed by atoms with Crippen LogP contribution in [0.2, 0.25) is 5.02 Å². The van der Waals surface area contributed by atoms with E-state index < -0.39 is 41.6 Å². The number of Topliss-reactive ketones (excluding diaryl/α,β-unsaturated/α-hetero) is 1. The first kappa shape index (κ1) is 23.5. The molecule has 1 saturated heterocycles. The van der Waals surface area contributed by atoms with Crippen molar-refractivity contribution in [3.8, 4) is 11.5 Å². The number of urea groups is 1. The molecule has 4 rings (SSSR count). The summed E-state index contributed by atoms with van der Waals surface area (Å²) in [5.41, 5.74) is 0.858. The fraction of sp³-hybridized carbons (Fsp3) is 0.250. The van der Waals surface area contributed by atoms with Gasteiger partial charge in [0.1, 0.15) is 17.8 Å². The van der Waals surface area contributed by atoms with Gasteiger partial charge in [-0.05, 0) is 30.7 Å². The number of benzene rings is 2. The molecule has 9 nitrogen and oxygen atoms in total. The van der Waals surface area contributed by atoms with E-state index in [1.54, 1.807) is 49.4 Å². The van der Waals surface area contributed by atoms with Gasteiger partial charge in [0.15, 0.2) is 17.3 Å². The molecule has 1 fully saturated rings. The first-order chi connectivity index (χ1) is 16.2. The predicted molar refractivity (Wildman–Crippen MR) is 120 cm³/mol. The van der Waals surface area contributed by atoms with E-state index >= 15 is 0 Å². The molecule has 4 amide bonds. The highest BCUT2D eigenvalue weighted by atomic mass is 35.5. The Kier molecular flexibility index (Phi) is 6.41. The Bertz CT molecular complexity index is 1200. The third kappa shape index (κ3) is 4.27. The fourth-order valence-electron chi connectivity index (χ4n) is 4.27. The highest BCUT2D eigenvalue weighted by Crippen LogP contribution is 2.44. The quantitative estimate of drug-likeness (QED) is 0.537. The van der Waals surface area contributed by atoms with Crippen molar-refractivity contribution < 1.29 is 33.8 Å². The molecule has 0 aromatic heterocycles. The number of nitrogens with one attached hydrogen (secondary N) is 2. The van der Waals surface area contributed by atoms with Gasteiger partial charge in [-0.2, -0.15) is 0 Å². The molecule has 2 atom stereocenters. The summed E-state index contributed by atoms with van der Waals surface area (Å²) in [7, 11) is 1.47. The summed E-state index contributed by atoms with van der Waals surface area (Å²) in [4.78, 5) is 50.2. The third-order valence-corrected chi connectivity index (χ3v) is 6.13. The monoisotopic (exact) mass is 484 g/mol. The minimum Gasteiger partial charge on any atom is -0.493 e. The lowest BCUT2D eigenvalue weighted by Crippen LogP contribution is -2.57. The first-order valence-electron chi connectivity index (χ1n) is 10.4. The molecule has 10 heteroatoms. The molecule has 2 heterocycles. The summed E-state index contributed by atoms with van der Waals surface area (Å²) >= 11 is 5.98. The van der Waals surface area contributed by atoms with Crippen molar-refractivity contribution in [1.29, 1.82) is 0 Å². The van der Waals surface area contributed by atoms with Crippen LogP contribution in [0.15, 0.2) is 53.8 Å². The zero-order chi connectivity index (χ0) is 24.6. The number of aliphatic hydroxyl groups is 1. The number of barbiturate groups is 1. The van der Waals surface area contributed by atoms with Gasteiger partial charge in [-0.15, -0.1) is 0 Å². The normalized spacial score (nSPS) is 19.1. The molecule has 2 aliphatic heterocycles. The molecule has 34 heavy (non-hydrogen) atoms. The van der Waals surface area contributed by atoms with Gasteiger partial charge in [-0.1, -0.05) is 35.9 Å². The Morgan fingerprint density at radius 1 is 1.12 bits per heavy atom. The second-order valence-electron chi connectivity index (χ2n) is 7.92. The smallest absolute Gasteiger partial charge is 0.328 e. The number of amides is 4. The number of halogens is 1. The highest BCUT2D eigenvalue weighted by molar-refractivity contribution is 6.30. The highest BCUT2D eigenvalue weighted by Gasteiger charge is 2.43. The molecule has 2 aliphatic rings. The van der Waals surface area contributed by atoms with Crippen molar-refractivity contribution in [3.63, 3.8) is 0 Å². The minimum atomic E-state index is -1.35. The average molecular weight is 485 g/mol. The van der Waals surface area contributed by atoms with E-state index in [1.807, 2.05) is 0 Å². The molecular weight excluding hydrogens is 464 g/mol. The second kappa shape index (κ2) is 9.28. The fourth-order valence-corrected chi connectivity index (χ4v) is 4.39. The molecule has 2 unspecified atom stereocenters. The van der Waals surface area contributed by atoms with Crippen molar-refractivity contribution in [2.75, 3.05) is 7.11 Å². The average Bonchev–Trinajstić information content (AvgIpc) is 2.78. The molecule has 0 bridgehead atoms. The Balaban J connectivity index is 1.70. The maximum atomic E-state index is 13.5. The third-order valence-electron chi connectivity index (χ3n) is 5.88. The van der Waals surface area contributed by atoms with Gasteiger partial charge in [0.2, 0.25) is 11.8 Å². The van der Waals surface area contributed by atoms with Gasteiger partial charge in [0.25, 0.3) is 0 Å². The van der Waals surface area contributed by atoms with Gasteiger partial charge in [0.05, 0.1) is 12.7 Å². The molecule has 0 radical (unpaired) electrons. The van der Waals surface area contributed by atoms with E-state index in [-0.39, 0.29) is 17.8 Å². The van der Waals surface area contributed by atoms with Crippen LogP contribution in [0.3, 0.4) is 0 Å². The maximum Gasteiger partial charge on any atom is 0.328 e. The van der Waals surface area contributed by atoms with Gasteiger partial charge in [0, 0.05) is 22.9 Å². The van der Waals surface area contributed by atoms with Gasteiger partial charge in [-0.25, -0.2) is 4.79 Å². The Morgan fingerprint density at radius 3 is 2.38 bits per heavy atom. The standard InChI is InChI=1S/C24H21ClN2O7/c1-11-18(20(29)14-4-3-5-17(33-2)21(14)34-11)16(28)10-15(12-6-8-13(25)9-7-12)19-22(30)26-24(32)27-23(19)31/h3-9,15,19-20,29H,10H2,1-2H3,(H2,26,27,30,31,32). The van der Waals surface area contributed by atoms with Crippen LogP contribution in [0, 0.1) is 5.92 Å². The van der Waals surface area contributed by atoms with Crippen molar-refractivity contribution in [3.05, 3.63) is 69.9 Å². The lowest BCUT2D eigenvalue weighted by Gasteiger charge is -2.30. The first-order valence-corrected chi connectivity index (χ1v) is 10.8. The number of ketones is 1. The number of fused-ring (bicyclic) bond motifs is 1. The molecule has 0 aliphatic carbocycles. The summed E-state index contributed by atoms with van der Waals surface area (Å²) in [5, 5.41) is 15.6. The number of hydrogen-bond acceptors (Lipinski definition) is 7. The summed E-state index contributed by atoms with van der Waals surface area (Å²) in [6.45, 7) is 1.54. The number of carbonyl (C=O) groups is 4. The number of ether oxygens (including phenoxy) is 2. The summed E-state index contributed by atoms with van der Waals surface area (Å²) in [5.74, 6) is -3.54. The number of methoxy groups -OCH3 is 1. The van der Waals surface area contributed by atoms with Crippen LogP contribution in [-0.2, 0) is 14.4 Å². The molecule has 176 valence electrons. The van der Waals surface area contributed by atoms with Crippen molar-refractivity contribution in [2.24, 2.45) is 5.92 Å². The molecule has 0 saturated carbocycles. The van der Waals surface area contributed by atoms with E-state index in [4.69, 9.17) is 21.1 Å². The van der Waals surface area contributed by atoms with Crippen molar-refractivity contribution in [2.45, 2.75) is 25.4 Å². The molecule has 2 aromatic rings. The number of rotatable bonds is 6. The summed E-state index contributed by atoms with van der Waals surface area (Å²) < 4.78 is 11.1. The van der Waals surface area contributed by atoms with E-state index in [2.05, 4.69) is 10.6 Å². The molecule has 3 N–H and O–H groups in total. The lowest BCUT2D eigenvalue weighted by molar-refractivity contribution is -0.137. The van der Waals surface area contributed by atoms with E-state index in [0.29, 0.717) is 27.6 Å². The predicted octanol–water partition coefficient (Wildman–Crippen LogP) is 2.77. The number of allylic oxidation sites excluding steroid dienone is 1. The number of hydrogen-bond donors (Lipinski definition) is 3. The Hall–Kier alpha value is -3.69. The Labute approximate surface area is 199 Å². The number of aliphatic hydroxyl groups excluding tert-OH is 1. The second-order valence-corrected chi connectivity index (χ2v) is 8.36. The number of carbonyl (C=O) groups excluding carboxylic acids is 4. The number of imide groups is 2. The SMILES string of the molecule is COc1cccc2c1OC(C)=C(C(=O)CC(c1ccc(Cl)cc1)C1C(=O)NC(=O)NC1=O)C2O. The van der Waals surface area contributed by atoms with Crippen molar-refractivity contribution >= 4 is 35.2 Å². The maximum absolute atomic E-state index is 13.5. The van der Waals surface area contributed by atoms with Crippen LogP contribution in [0.25, 0.3) is 0 Å². The topological polar surface area (TPSA) is 131 Å². The van der Waals surface area contributed by atoms with Crippen LogP contribution in [0.4, 0.5) is 4.79 Å². The van der Waals surface area contributed by atoms with Gasteiger partial charge < -0.3 is 14.6 Å². The van der Waals surface area contributed by atoms with Crippen LogP contribution in [0.1, 0.15) is 36.5 Å². The van der Waals surface area contributed by atoms with Gasteiger partial charge >= 0.3 is 6.03 Å².